The zero-order chi connectivity index (χ0) is 24.0. The van der Waals surface area contributed by atoms with Gasteiger partial charge in [0.2, 0.25) is 0 Å². The lowest BCUT2D eigenvalue weighted by atomic mass is 10.0. The molecule has 1 fully saturated rings. The van der Waals surface area contributed by atoms with Crippen molar-refractivity contribution in [3.63, 3.8) is 0 Å². The molecular formula is C27H29N7O. The van der Waals surface area contributed by atoms with E-state index in [-0.39, 0.29) is 11.9 Å². The monoisotopic (exact) mass is 467 g/mol. The van der Waals surface area contributed by atoms with Gasteiger partial charge in [-0.3, -0.25) is 9.78 Å². The van der Waals surface area contributed by atoms with Crippen molar-refractivity contribution in [3.05, 3.63) is 96.8 Å². The van der Waals surface area contributed by atoms with Gasteiger partial charge in [-0.25, -0.2) is 9.67 Å². The Labute approximate surface area is 205 Å². The molecule has 3 heterocycles. The number of piperidine rings is 1. The third-order valence-electron chi connectivity index (χ3n) is 6.39. The van der Waals surface area contributed by atoms with Crippen molar-refractivity contribution in [2.75, 3.05) is 23.3 Å². The molecule has 1 aliphatic heterocycles. The zero-order valence-electron chi connectivity index (χ0n) is 19.7. The minimum atomic E-state index is -0.263. The van der Waals surface area contributed by atoms with E-state index >= 15 is 0 Å². The van der Waals surface area contributed by atoms with Crippen molar-refractivity contribution >= 4 is 17.3 Å². The molecule has 0 saturated carbocycles. The molecule has 1 saturated heterocycles. The van der Waals surface area contributed by atoms with E-state index < -0.39 is 0 Å². The van der Waals surface area contributed by atoms with Gasteiger partial charge in [0, 0.05) is 60.7 Å². The van der Waals surface area contributed by atoms with Gasteiger partial charge in [-0.1, -0.05) is 18.2 Å². The lowest BCUT2D eigenvalue weighted by Gasteiger charge is -2.35. The Kier molecular flexibility index (Phi) is 6.81. The number of benzene rings is 2. The summed E-state index contributed by atoms with van der Waals surface area (Å²) in [5.41, 5.74) is 4.46. The highest BCUT2D eigenvalue weighted by Crippen LogP contribution is 2.24. The topological polar surface area (TPSA) is 88.0 Å². The van der Waals surface area contributed by atoms with E-state index in [9.17, 15) is 4.79 Å². The quantitative estimate of drug-likeness (QED) is 0.423. The van der Waals surface area contributed by atoms with Gasteiger partial charge in [0.05, 0.1) is 18.1 Å². The summed E-state index contributed by atoms with van der Waals surface area (Å²) in [6.07, 6.45) is 10.7. The second kappa shape index (κ2) is 10.5. The molecule has 0 bridgehead atoms. The molecule has 1 atom stereocenters. The van der Waals surface area contributed by atoms with Gasteiger partial charge in [0.25, 0.3) is 5.91 Å². The number of aromatic nitrogens is 4. The number of nitrogens with one attached hydrogen (secondary N) is 2. The van der Waals surface area contributed by atoms with E-state index in [1.165, 1.54) is 18.0 Å². The van der Waals surface area contributed by atoms with Crippen LogP contribution in [0, 0.1) is 0 Å². The maximum absolute atomic E-state index is 12.3. The number of carbonyl (C=O) groups is 1. The summed E-state index contributed by atoms with van der Waals surface area (Å²) in [6.45, 7) is 4.17. The van der Waals surface area contributed by atoms with Crippen LogP contribution in [0.15, 0.2) is 85.6 Å². The van der Waals surface area contributed by atoms with Crippen LogP contribution in [0.4, 0.5) is 11.4 Å². The Balaban J connectivity index is 1.11. The van der Waals surface area contributed by atoms with Gasteiger partial charge in [-0.2, -0.15) is 5.10 Å². The van der Waals surface area contributed by atoms with Crippen LogP contribution in [0.2, 0.25) is 0 Å². The molecule has 35 heavy (non-hydrogen) atoms. The molecule has 8 nitrogen and oxygen atoms in total. The first kappa shape index (κ1) is 22.7. The van der Waals surface area contributed by atoms with Gasteiger partial charge in [0.15, 0.2) is 0 Å². The van der Waals surface area contributed by atoms with Gasteiger partial charge >= 0.3 is 0 Å². The fraction of sp³-hybridized carbons (Fsp3) is 0.259. The molecular weight excluding hydrogens is 438 g/mol. The predicted molar refractivity (Wildman–Crippen MR) is 137 cm³/mol. The second-order valence-electron chi connectivity index (χ2n) is 8.80. The summed E-state index contributed by atoms with van der Waals surface area (Å²) in [4.78, 5) is 22.6. The maximum atomic E-state index is 12.3. The Morgan fingerprint density at radius 3 is 2.46 bits per heavy atom. The number of hydrogen-bond donors (Lipinski definition) is 2. The number of amides is 1. The van der Waals surface area contributed by atoms with E-state index in [0.717, 1.165) is 43.0 Å². The Hall–Kier alpha value is -4.04. The normalized spacial score (nSPS) is 15.1. The molecule has 1 aliphatic rings. The van der Waals surface area contributed by atoms with E-state index in [1.54, 1.807) is 6.20 Å². The predicted octanol–water partition coefficient (Wildman–Crippen LogP) is 4.23. The number of nitrogens with zero attached hydrogens (tertiary/aromatic N) is 5. The summed E-state index contributed by atoms with van der Waals surface area (Å²) in [5.74, 6) is -0.263. The van der Waals surface area contributed by atoms with Crippen LogP contribution in [0.25, 0.3) is 5.69 Å². The maximum Gasteiger partial charge on any atom is 0.275 e. The highest BCUT2D eigenvalue weighted by atomic mass is 16.1. The molecule has 178 valence electrons. The van der Waals surface area contributed by atoms with E-state index in [2.05, 4.69) is 68.0 Å². The summed E-state index contributed by atoms with van der Waals surface area (Å²) in [6, 6.07) is 18.9. The number of anilines is 2. The van der Waals surface area contributed by atoms with Crippen molar-refractivity contribution in [3.8, 4) is 5.69 Å². The summed E-state index contributed by atoms with van der Waals surface area (Å²) < 4.78 is 1.93. The fourth-order valence-electron chi connectivity index (χ4n) is 4.40. The fourth-order valence-corrected chi connectivity index (χ4v) is 4.40. The van der Waals surface area contributed by atoms with E-state index in [0.29, 0.717) is 11.7 Å². The molecule has 1 amide bonds. The summed E-state index contributed by atoms with van der Waals surface area (Å²) in [5, 5.41) is 11.2. The number of carbonyl (C=O) groups excluding carboxylic acids is 1. The minimum Gasteiger partial charge on any atom is -0.371 e. The van der Waals surface area contributed by atoms with Crippen molar-refractivity contribution < 1.29 is 4.79 Å². The van der Waals surface area contributed by atoms with Crippen molar-refractivity contribution in [1.29, 1.82) is 0 Å². The van der Waals surface area contributed by atoms with E-state index in [4.69, 9.17) is 0 Å². The first-order valence-corrected chi connectivity index (χ1v) is 11.9. The first-order valence-electron chi connectivity index (χ1n) is 11.9. The highest BCUT2D eigenvalue weighted by molar-refractivity contribution is 6.02. The minimum absolute atomic E-state index is 0.237. The average molecular weight is 468 g/mol. The number of hydrogen-bond acceptors (Lipinski definition) is 6. The summed E-state index contributed by atoms with van der Waals surface area (Å²) >= 11 is 0. The molecule has 8 heteroatoms. The molecule has 2 aromatic heterocycles. The van der Waals surface area contributed by atoms with Crippen molar-refractivity contribution in [2.45, 2.75) is 31.8 Å². The third-order valence-corrected chi connectivity index (χ3v) is 6.39. The SMILES string of the molecule is C[C@H](NC1CCN(c2ccc(NC(=O)c3cnccn3)cc2)CC1)c1cnn(-c2ccccc2)c1. The Morgan fingerprint density at radius 2 is 1.74 bits per heavy atom. The van der Waals surface area contributed by atoms with Crippen LogP contribution in [-0.4, -0.2) is 44.8 Å². The van der Waals surface area contributed by atoms with Gasteiger partial charge in [-0.15, -0.1) is 0 Å². The molecule has 0 unspecified atom stereocenters. The summed E-state index contributed by atoms with van der Waals surface area (Å²) in [7, 11) is 0. The lowest BCUT2D eigenvalue weighted by Crippen LogP contribution is -2.43. The van der Waals surface area contributed by atoms with Crippen LogP contribution in [0.1, 0.15) is 41.9 Å². The smallest absolute Gasteiger partial charge is 0.275 e. The van der Waals surface area contributed by atoms with Crippen LogP contribution >= 0.6 is 0 Å². The molecule has 0 radical (unpaired) electrons. The zero-order valence-corrected chi connectivity index (χ0v) is 19.7. The third kappa shape index (κ3) is 5.55. The highest BCUT2D eigenvalue weighted by Gasteiger charge is 2.22. The van der Waals surface area contributed by atoms with E-state index in [1.807, 2.05) is 41.2 Å². The number of para-hydroxylation sites is 1. The molecule has 5 rings (SSSR count). The number of rotatable bonds is 7. The Morgan fingerprint density at radius 1 is 0.971 bits per heavy atom. The molecule has 2 aromatic carbocycles. The second-order valence-corrected chi connectivity index (χ2v) is 8.80. The van der Waals surface area contributed by atoms with Gasteiger partial charge in [0.1, 0.15) is 5.69 Å². The molecule has 0 aliphatic carbocycles. The molecule has 0 spiro atoms. The van der Waals surface area contributed by atoms with Crippen LogP contribution in [0.5, 0.6) is 0 Å². The van der Waals surface area contributed by atoms with Crippen LogP contribution in [0.3, 0.4) is 0 Å². The van der Waals surface area contributed by atoms with Crippen molar-refractivity contribution in [2.24, 2.45) is 0 Å². The van der Waals surface area contributed by atoms with Gasteiger partial charge in [-0.05, 0) is 56.2 Å². The first-order chi connectivity index (χ1) is 17.2. The van der Waals surface area contributed by atoms with Crippen molar-refractivity contribution in [1.82, 2.24) is 25.1 Å². The van der Waals surface area contributed by atoms with Crippen LogP contribution < -0.4 is 15.5 Å². The molecule has 2 N–H and O–H groups in total. The average Bonchev–Trinajstić information content (AvgIpc) is 3.41. The molecule has 4 aromatic rings. The standard InChI is InChI=1S/C27H29N7O/c1-20(21-17-30-34(19-21)25-5-3-2-4-6-25)31-23-11-15-33(16-12-23)24-9-7-22(8-10-24)32-27(35)26-18-28-13-14-29-26/h2-10,13-14,17-20,23,31H,11-12,15-16H2,1H3,(H,32,35)/t20-/m0/s1. The van der Waals surface area contributed by atoms with Crippen LogP contribution in [-0.2, 0) is 0 Å². The Bertz CT molecular complexity index is 1230. The van der Waals surface area contributed by atoms with Gasteiger partial charge < -0.3 is 15.5 Å². The lowest BCUT2D eigenvalue weighted by molar-refractivity contribution is 0.102. The largest absolute Gasteiger partial charge is 0.371 e.